The lowest BCUT2D eigenvalue weighted by Gasteiger charge is -2.42. The summed E-state index contributed by atoms with van der Waals surface area (Å²) in [5.41, 5.74) is -0.589. The van der Waals surface area contributed by atoms with Crippen molar-refractivity contribution in [3.8, 4) is 0 Å². The van der Waals surface area contributed by atoms with E-state index in [4.69, 9.17) is 44.3 Å². The average Bonchev–Trinajstić information content (AvgIpc) is 2.97. The number of rotatable bonds is 5. The van der Waals surface area contributed by atoms with Gasteiger partial charge in [0.25, 0.3) is 10.2 Å². The van der Waals surface area contributed by atoms with Crippen molar-refractivity contribution in [1.82, 2.24) is 19.2 Å². The summed E-state index contributed by atoms with van der Waals surface area (Å²) in [5, 5.41) is 5.59. The molecule has 14 heteroatoms. The van der Waals surface area contributed by atoms with Gasteiger partial charge >= 0.3 is 12.2 Å². The molecule has 0 aromatic rings. The minimum atomic E-state index is -3.66. The van der Waals surface area contributed by atoms with Crippen LogP contribution in [0.1, 0.15) is 59.3 Å². The Labute approximate surface area is 216 Å². The van der Waals surface area contributed by atoms with E-state index < -0.39 is 31.8 Å². The van der Waals surface area contributed by atoms with Crippen LogP contribution in [-0.2, 0) is 19.7 Å². The van der Waals surface area contributed by atoms with Crippen LogP contribution in [0.3, 0.4) is 0 Å². The van der Waals surface area contributed by atoms with Crippen LogP contribution < -0.4 is 10.6 Å². The van der Waals surface area contributed by atoms with Gasteiger partial charge in [0.1, 0.15) is 12.2 Å². The average molecular weight is 564 g/mol. The fraction of sp³-hybridized carbons (Fsp3) is 0.900. The van der Waals surface area contributed by atoms with E-state index in [0.29, 0.717) is 38.8 Å². The number of carbonyl (C=O) groups excluding carboxylic acids is 2. The van der Waals surface area contributed by atoms with Gasteiger partial charge in [-0.2, -0.15) is 17.0 Å². The van der Waals surface area contributed by atoms with E-state index in [-0.39, 0.29) is 30.8 Å². The standard InChI is InChI=1S/C20H33Cl3N4O6S/c1-19(2,3)33-18(29)24-13-6-8-26(9-7-13)34(30,31)27-15-4-5-16(27)11-14(10-15)25-17(28)32-12-20(21,22)23/h13-16H,4-12H2,1-3H3,(H,24,29)(H,25,28)/t14?,15-,16+. The van der Waals surface area contributed by atoms with Crippen LogP contribution in [0.15, 0.2) is 0 Å². The molecule has 0 aromatic carbocycles. The van der Waals surface area contributed by atoms with E-state index in [9.17, 15) is 18.0 Å². The molecule has 0 aliphatic carbocycles. The van der Waals surface area contributed by atoms with Crippen molar-refractivity contribution in [2.24, 2.45) is 0 Å². The molecule has 2 bridgehead atoms. The van der Waals surface area contributed by atoms with Gasteiger partial charge in [-0.1, -0.05) is 34.8 Å². The molecule has 0 aromatic heterocycles. The van der Waals surface area contributed by atoms with Crippen LogP contribution >= 0.6 is 34.8 Å². The molecule has 0 saturated carbocycles. The SMILES string of the molecule is CC(C)(C)OC(=O)NC1CCN(S(=O)(=O)N2[C@@H]3CC[C@H]2CC(NC(=O)OCC(Cl)(Cl)Cl)C3)CC1. The van der Waals surface area contributed by atoms with Crippen LogP contribution in [-0.4, -0.2) is 82.5 Å². The molecule has 34 heavy (non-hydrogen) atoms. The number of fused-ring (bicyclic) bond motifs is 2. The van der Waals surface area contributed by atoms with E-state index in [2.05, 4.69) is 10.6 Å². The maximum absolute atomic E-state index is 13.4. The van der Waals surface area contributed by atoms with Crippen molar-refractivity contribution < 1.29 is 27.5 Å². The summed E-state index contributed by atoms with van der Waals surface area (Å²) in [6, 6.07) is -0.734. The number of nitrogens with zero attached hydrogens (tertiary/aromatic N) is 2. The minimum absolute atomic E-state index is 0.133. The zero-order valence-corrected chi connectivity index (χ0v) is 22.6. The third-order valence-corrected chi connectivity index (χ3v) is 8.60. The number of halogens is 3. The first kappa shape index (κ1) is 27.9. The number of alkyl carbamates (subject to hydrolysis) is 2. The van der Waals surface area contributed by atoms with Crippen LogP contribution in [0.25, 0.3) is 0 Å². The lowest BCUT2D eigenvalue weighted by atomic mass is 10.00. The monoisotopic (exact) mass is 562 g/mol. The summed E-state index contributed by atoms with van der Waals surface area (Å²) in [5.74, 6) is 0. The van der Waals surface area contributed by atoms with Gasteiger partial charge in [0.15, 0.2) is 0 Å². The first-order valence-electron chi connectivity index (χ1n) is 11.4. The quantitative estimate of drug-likeness (QED) is 0.496. The van der Waals surface area contributed by atoms with Gasteiger partial charge < -0.3 is 20.1 Å². The van der Waals surface area contributed by atoms with Crippen molar-refractivity contribution in [3.05, 3.63) is 0 Å². The third-order valence-electron chi connectivity index (χ3n) is 6.12. The first-order valence-corrected chi connectivity index (χ1v) is 14.0. The highest BCUT2D eigenvalue weighted by Gasteiger charge is 2.49. The molecule has 196 valence electrons. The Bertz CT molecular complexity index is 841. The van der Waals surface area contributed by atoms with E-state index in [1.165, 1.54) is 4.31 Å². The van der Waals surface area contributed by atoms with Crippen molar-refractivity contribution in [3.63, 3.8) is 0 Å². The van der Waals surface area contributed by atoms with Crippen molar-refractivity contribution >= 4 is 57.2 Å². The van der Waals surface area contributed by atoms with Gasteiger partial charge in [0, 0.05) is 37.3 Å². The number of carbonyl (C=O) groups is 2. The molecule has 1 unspecified atom stereocenters. The molecular weight excluding hydrogens is 531 g/mol. The summed E-state index contributed by atoms with van der Waals surface area (Å²) in [6.45, 7) is 5.65. The maximum Gasteiger partial charge on any atom is 0.407 e. The van der Waals surface area contributed by atoms with Crippen molar-refractivity contribution in [2.45, 2.75) is 92.9 Å². The third kappa shape index (κ3) is 7.64. The molecule has 3 aliphatic heterocycles. The number of amides is 2. The zero-order chi connectivity index (χ0) is 25.3. The lowest BCUT2D eigenvalue weighted by Crippen LogP contribution is -2.58. The fourth-order valence-electron chi connectivity index (χ4n) is 4.82. The van der Waals surface area contributed by atoms with E-state index in [0.717, 1.165) is 12.8 Å². The summed E-state index contributed by atoms with van der Waals surface area (Å²) in [6.07, 6.45) is 2.32. The number of hydrogen-bond acceptors (Lipinski definition) is 6. The van der Waals surface area contributed by atoms with Crippen molar-refractivity contribution in [1.29, 1.82) is 0 Å². The highest BCUT2D eigenvalue weighted by molar-refractivity contribution is 7.86. The predicted octanol–water partition coefficient (Wildman–Crippen LogP) is 3.31. The largest absolute Gasteiger partial charge is 0.445 e. The second-order valence-corrected chi connectivity index (χ2v) is 14.4. The second-order valence-electron chi connectivity index (χ2n) is 10.0. The van der Waals surface area contributed by atoms with Gasteiger partial charge in [0.2, 0.25) is 3.79 Å². The molecular formula is C20H33Cl3N4O6S. The Morgan fingerprint density at radius 2 is 1.44 bits per heavy atom. The summed E-state index contributed by atoms with van der Waals surface area (Å²) in [4.78, 5) is 24.0. The topological polar surface area (TPSA) is 117 Å². The summed E-state index contributed by atoms with van der Waals surface area (Å²) in [7, 11) is -3.66. The number of nitrogens with one attached hydrogen (secondary N) is 2. The Morgan fingerprint density at radius 1 is 0.912 bits per heavy atom. The predicted molar refractivity (Wildman–Crippen MR) is 129 cm³/mol. The maximum atomic E-state index is 13.4. The van der Waals surface area contributed by atoms with Crippen molar-refractivity contribution in [2.75, 3.05) is 19.7 Å². The van der Waals surface area contributed by atoms with E-state index >= 15 is 0 Å². The Kier molecular flexibility index (Phi) is 8.78. The lowest BCUT2D eigenvalue weighted by molar-refractivity contribution is 0.0489. The van der Waals surface area contributed by atoms with Crippen LogP contribution in [0.4, 0.5) is 9.59 Å². The number of piperidine rings is 2. The summed E-state index contributed by atoms with van der Waals surface area (Å²) >= 11 is 16.8. The normalized spacial score (nSPS) is 27.3. The molecule has 10 nitrogen and oxygen atoms in total. The van der Waals surface area contributed by atoms with Gasteiger partial charge in [-0.25, -0.2) is 9.59 Å². The number of alkyl halides is 3. The van der Waals surface area contributed by atoms with Gasteiger partial charge in [-0.15, -0.1) is 0 Å². The van der Waals surface area contributed by atoms with Gasteiger partial charge in [-0.05, 0) is 59.3 Å². The molecule has 3 aliphatic rings. The minimum Gasteiger partial charge on any atom is -0.445 e. The Balaban J connectivity index is 1.51. The summed E-state index contributed by atoms with van der Waals surface area (Å²) < 4.78 is 38.5. The van der Waals surface area contributed by atoms with E-state index in [1.54, 1.807) is 25.1 Å². The molecule has 3 fully saturated rings. The number of hydrogen-bond donors (Lipinski definition) is 2. The molecule has 0 spiro atoms. The fourth-order valence-corrected chi connectivity index (χ4v) is 7.06. The van der Waals surface area contributed by atoms with E-state index in [1.807, 2.05) is 0 Å². The smallest absolute Gasteiger partial charge is 0.407 e. The van der Waals surface area contributed by atoms with Crippen LogP contribution in [0.5, 0.6) is 0 Å². The molecule has 3 rings (SSSR count). The van der Waals surface area contributed by atoms with Crippen LogP contribution in [0.2, 0.25) is 0 Å². The molecule has 3 heterocycles. The number of ether oxygens (including phenoxy) is 2. The molecule has 2 amide bonds. The Hall–Kier alpha value is -0.720. The zero-order valence-electron chi connectivity index (χ0n) is 19.6. The first-order chi connectivity index (χ1) is 15.6. The molecule has 2 N–H and O–H groups in total. The van der Waals surface area contributed by atoms with Gasteiger partial charge in [-0.3, -0.25) is 0 Å². The Morgan fingerprint density at radius 3 is 1.94 bits per heavy atom. The van der Waals surface area contributed by atoms with Gasteiger partial charge in [0.05, 0.1) is 0 Å². The van der Waals surface area contributed by atoms with Crippen LogP contribution in [0, 0.1) is 0 Å². The molecule has 3 atom stereocenters. The molecule has 0 radical (unpaired) electrons. The second kappa shape index (κ2) is 10.7. The highest BCUT2D eigenvalue weighted by Crippen LogP contribution is 2.39. The highest BCUT2D eigenvalue weighted by atomic mass is 35.6. The molecule has 3 saturated heterocycles.